The van der Waals surface area contributed by atoms with Crippen molar-refractivity contribution in [1.29, 1.82) is 0 Å². The zero-order valence-corrected chi connectivity index (χ0v) is 25.0. The van der Waals surface area contributed by atoms with Crippen molar-refractivity contribution in [2.24, 2.45) is 16.6 Å². The number of nitrogens with zero attached hydrogens (tertiary/aromatic N) is 4. The van der Waals surface area contributed by atoms with Crippen LogP contribution in [0.2, 0.25) is 0 Å². The van der Waals surface area contributed by atoms with E-state index in [9.17, 15) is 4.79 Å². The van der Waals surface area contributed by atoms with Crippen LogP contribution >= 0.6 is 0 Å². The lowest BCUT2D eigenvalue weighted by Gasteiger charge is -2.39. The highest BCUT2D eigenvalue weighted by Crippen LogP contribution is 2.27. The van der Waals surface area contributed by atoms with E-state index in [1.54, 1.807) is 11.0 Å². The van der Waals surface area contributed by atoms with Crippen molar-refractivity contribution in [3.05, 3.63) is 11.9 Å². The fourth-order valence-electron chi connectivity index (χ4n) is 4.30. The Morgan fingerprint density at radius 1 is 1.28 bits per heavy atom. The maximum absolute atomic E-state index is 12.8. The maximum atomic E-state index is 12.8. The van der Waals surface area contributed by atoms with Gasteiger partial charge in [0.1, 0.15) is 17.8 Å². The monoisotopic (exact) mass is 544 g/mol. The van der Waals surface area contributed by atoms with Gasteiger partial charge in [0, 0.05) is 37.9 Å². The number of hydrogen-bond acceptors (Lipinski definition) is 8. The first-order valence-corrected chi connectivity index (χ1v) is 14.0. The van der Waals surface area contributed by atoms with Gasteiger partial charge in [0.25, 0.3) is 0 Å². The molecule has 0 aromatic carbocycles. The quantitative estimate of drug-likeness (QED) is 0.174. The van der Waals surface area contributed by atoms with Crippen LogP contribution < -0.4 is 20.5 Å². The van der Waals surface area contributed by atoms with Gasteiger partial charge in [0.05, 0.1) is 6.07 Å². The highest BCUT2D eigenvalue weighted by Gasteiger charge is 2.35. The minimum Gasteiger partial charge on any atom is -0.474 e. The summed E-state index contributed by atoms with van der Waals surface area (Å²) in [5, 5.41) is 3.18. The molecule has 0 aliphatic carbocycles. The minimum absolute atomic E-state index is 0.0182. The summed E-state index contributed by atoms with van der Waals surface area (Å²) in [6.07, 6.45) is 8.62. The van der Waals surface area contributed by atoms with Gasteiger partial charge in [-0.3, -0.25) is 4.99 Å². The average Bonchev–Trinajstić information content (AvgIpc) is 2.82. The Balaban J connectivity index is 2.23. The number of amidine groups is 1. The first-order valence-electron chi connectivity index (χ1n) is 14.0. The average molecular weight is 545 g/mol. The van der Waals surface area contributed by atoms with Crippen LogP contribution in [0.1, 0.15) is 86.4 Å². The van der Waals surface area contributed by atoms with Gasteiger partial charge in [-0.2, -0.15) is 9.97 Å². The Morgan fingerprint density at radius 3 is 2.59 bits per heavy atom. The molecule has 1 amide bonds. The smallest absolute Gasteiger partial charge is 0.410 e. The highest BCUT2D eigenvalue weighted by atomic mass is 16.6. The molecule has 1 saturated heterocycles. The molecular formula is C29H48N6O4. The van der Waals surface area contributed by atoms with Gasteiger partial charge < -0.3 is 30.2 Å². The zero-order chi connectivity index (χ0) is 29.2. The number of aromatic nitrogens is 2. The molecule has 3 N–H and O–H groups in total. The lowest BCUT2D eigenvalue weighted by Crippen LogP contribution is -2.50. The number of amides is 1. The molecule has 10 heteroatoms. The number of nitrogens with two attached hydrogens (primary N) is 1. The van der Waals surface area contributed by atoms with Crippen LogP contribution in [0.3, 0.4) is 0 Å². The first kappa shape index (κ1) is 32.2. The summed E-state index contributed by atoms with van der Waals surface area (Å²) >= 11 is 0. The van der Waals surface area contributed by atoms with Crippen molar-refractivity contribution in [2.45, 2.75) is 110 Å². The SMILES string of the molecule is C#CC[C@@H]1C[C@@H](Oc2cc(O[C@@H](C)[C@@H](C)CCCNC)nc(C(N)=NC(C)C)n2)CCN1C(=O)OC(C)(C)C. The summed E-state index contributed by atoms with van der Waals surface area (Å²) in [4.78, 5) is 28.0. The molecule has 10 nitrogen and oxygen atoms in total. The number of rotatable bonds is 12. The molecule has 2 heterocycles. The summed E-state index contributed by atoms with van der Waals surface area (Å²) < 4.78 is 18.1. The van der Waals surface area contributed by atoms with Crippen LogP contribution in [0.5, 0.6) is 11.8 Å². The molecule has 2 rings (SSSR count). The molecule has 0 unspecified atom stereocenters. The Hall–Kier alpha value is -3.06. The van der Waals surface area contributed by atoms with Gasteiger partial charge in [-0.1, -0.05) is 6.92 Å². The van der Waals surface area contributed by atoms with E-state index in [1.165, 1.54) is 0 Å². The second-order valence-corrected chi connectivity index (χ2v) is 11.5. The number of carbonyl (C=O) groups excluding carboxylic acids is 1. The molecule has 218 valence electrons. The molecule has 1 aliphatic rings. The van der Waals surface area contributed by atoms with Gasteiger partial charge in [-0.25, -0.2) is 4.79 Å². The van der Waals surface area contributed by atoms with Crippen molar-refractivity contribution < 1.29 is 19.0 Å². The van der Waals surface area contributed by atoms with Crippen molar-refractivity contribution in [2.75, 3.05) is 20.1 Å². The third-order valence-corrected chi connectivity index (χ3v) is 6.44. The molecule has 0 saturated carbocycles. The summed E-state index contributed by atoms with van der Waals surface area (Å²) in [6, 6.07) is 1.47. The van der Waals surface area contributed by atoms with Crippen LogP contribution in [0.25, 0.3) is 0 Å². The number of nitrogens with one attached hydrogen (secondary N) is 1. The molecule has 39 heavy (non-hydrogen) atoms. The largest absolute Gasteiger partial charge is 0.474 e. The van der Waals surface area contributed by atoms with Crippen LogP contribution in [-0.4, -0.2) is 76.8 Å². The van der Waals surface area contributed by atoms with Gasteiger partial charge in [0.2, 0.25) is 17.6 Å². The van der Waals surface area contributed by atoms with E-state index < -0.39 is 5.60 Å². The minimum atomic E-state index is -0.585. The van der Waals surface area contributed by atoms with E-state index >= 15 is 0 Å². The highest BCUT2D eigenvalue weighted by molar-refractivity contribution is 5.94. The van der Waals surface area contributed by atoms with Crippen LogP contribution in [0.4, 0.5) is 4.79 Å². The topological polar surface area (TPSA) is 124 Å². The fourth-order valence-corrected chi connectivity index (χ4v) is 4.30. The van der Waals surface area contributed by atoms with Crippen LogP contribution in [-0.2, 0) is 4.74 Å². The summed E-state index contributed by atoms with van der Waals surface area (Å²) in [7, 11) is 1.95. The Morgan fingerprint density at radius 2 is 1.97 bits per heavy atom. The third kappa shape index (κ3) is 10.9. The van der Waals surface area contributed by atoms with E-state index in [0.29, 0.717) is 43.5 Å². The molecule has 0 radical (unpaired) electrons. The van der Waals surface area contributed by atoms with E-state index in [2.05, 4.69) is 33.1 Å². The number of likely N-dealkylation sites (tertiary alicyclic amines) is 1. The summed E-state index contributed by atoms with van der Waals surface area (Å²) in [6.45, 7) is 15.0. The lowest BCUT2D eigenvalue weighted by molar-refractivity contribution is -0.00377. The van der Waals surface area contributed by atoms with Gasteiger partial charge in [-0.05, 0) is 73.9 Å². The molecule has 1 aliphatic heterocycles. The van der Waals surface area contributed by atoms with E-state index in [0.717, 1.165) is 19.4 Å². The molecule has 4 atom stereocenters. The number of piperidine rings is 1. The molecule has 1 aromatic rings. The van der Waals surface area contributed by atoms with E-state index in [-0.39, 0.29) is 42.0 Å². The van der Waals surface area contributed by atoms with Crippen LogP contribution in [0.15, 0.2) is 11.1 Å². The van der Waals surface area contributed by atoms with Gasteiger partial charge in [-0.15, -0.1) is 12.3 Å². The molecule has 1 aromatic heterocycles. The second-order valence-electron chi connectivity index (χ2n) is 11.5. The molecular weight excluding hydrogens is 496 g/mol. The van der Waals surface area contributed by atoms with Gasteiger partial charge in [0.15, 0.2) is 5.84 Å². The van der Waals surface area contributed by atoms with Crippen LogP contribution in [0, 0.1) is 18.3 Å². The van der Waals surface area contributed by atoms with E-state index in [4.69, 9.17) is 26.4 Å². The first-order chi connectivity index (χ1) is 18.3. The van der Waals surface area contributed by atoms with Crippen molar-refractivity contribution in [3.8, 4) is 24.1 Å². The summed E-state index contributed by atoms with van der Waals surface area (Å²) in [5.74, 6) is 4.23. The normalized spacial score (nSPS) is 19.8. The van der Waals surface area contributed by atoms with Crippen molar-refractivity contribution >= 4 is 11.9 Å². The molecule has 0 bridgehead atoms. The van der Waals surface area contributed by atoms with Crippen molar-refractivity contribution in [3.63, 3.8) is 0 Å². The molecule has 0 spiro atoms. The number of hydrogen-bond donors (Lipinski definition) is 2. The number of terminal acetylenes is 1. The molecule has 1 fully saturated rings. The predicted molar refractivity (Wildman–Crippen MR) is 154 cm³/mol. The Labute approximate surface area is 234 Å². The van der Waals surface area contributed by atoms with Gasteiger partial charge >= 0.3 is 6.09 Å². The Bertz CT molecular complexity index is 1000. The van der Waals surface area contributed by atoms with E-state index in [1.807, 2.05) is 48.6 Å². The fraction of sp³-hybridized carbons (Fsp3) is 0.724. The number of aliphatic imine (C=N–C) groups is 1. The zero-order valence-electron chi connectivity index (χ0n) is 25.0. The Kier molecular flexibility index (Phi) is 12.3. The maximum Gasteiger partial charge on any atom is 0.410 e. The standard InChI is InChI=1S/C29H48N6O4/c1-10-12-22-17-23(14-16-35(22)28(36)39-29(6,7)8)38-25-18-24(33-27(34-25)26(30)32-19(2)3)37-21(5)20(4)13-11-15-31-9/h1,18-23,31H,11-17H2,2-9H3,(H2,30,32)/t20-,21-,22+,23-/m0/s1. The predicted octanol–water partition coefficient (Wildman–Crippen LogP) is 4.16. The van der Waals surface area contributed by atoms with Crippen molar-refractivity contribution in [1.82, 2.24) is 20.2 Å². The number of ether oxygens (including phenoxy) is 3. The summed E-state index contributed by atoms with van der Waals surface area (Å²) in [5.41, 5.74) is 5.64. The number of carbonyl (C=O) groups is 1. The third-order valence-electron chi connectivity index (χ3n) is 6.44. The lowest BCUT2D eigenvalue weighted by atomic mass is 9.97. The second kappa shape index (κ2) is 14.9.